The van der Waals surface area contributed by atoms with E-state index in [4.69, 9.17) is 10.00 Å². The molecule has 4 heteroatoms. The Kier molecular flexibility index (Phi) is 5.03. The van der Waals surface area contributed by atoms with Gasteiger partial charge in [0.2, 0.25) is 0 Å². The maximum Gasteiger partial charge on any atom is 0.118 e. The second kappa shape index (κ2) is 6.97. The number of methoxy groups -OCH3 is 1. The maximum absolute atomic E-state index is 9.13. The molecule has 0 bridgehead atoms. The Morgan fingerprint density at radius 2 is 1.95 bits per heavy atom. The van der Waals surface area contributed by atoms with Gasteiger partial charge in [0.05, 0.1) is 18.4 Å². The lowest BCUT2D eigenvalue weighted by atomic mass is 10.1. The van der Waals surface area contributed by atoms with Crippen molar-refractivity contribution in [2.45, 2.75) is 18.4 Å². The van der Waals surface area contributed by atoms with Gasteiger partial charge in [-0.25, -0.2) is 4.98 Å². The van der Waals surface area contributed by atoms with Crippen molar-refractivity contribution in [1.82, 2.24) is 4.98 Å². The Hall–Kier alpha value is -1.99. The van der Waals surface area contributed by atoms with Gasteiger partial charge in [-0.15, -0.1) is 11.8 Å². The summed E-state index contributed by atoms with van der Waals surface area (Å²) in [6.07, 6.45) is 1.06. The van der Waals surface area contributed by atoms with Gasteiger partial charge in [-0.1, -0.05) is 6.92 Å². The molecule has 0 spiro atoms. The van der Waals surface area contributed by atoms with Crippen molar-refractivity contribution in [3.63, 3.8) is 0 Å². The zero-order valence-corrected chi connectivity index (χ0v) is 12.4. The molecule has 20 heavy (non-hydrogen) atoms. The molecule has 0 aliphatic carbocycles. The van der Waals surface area contributed by atoms with E-state index in [-0.39, 0.29) is 0 Å². The zero-order valence-electron chi connectivity index (χ0n) is 11.6. The Balaban J connectivity index is 2.34. The van der Waals surface area contributed by atoms with Crippen molar-refractivity contribution in [3.05, 3.63) is 42.0 Å². The van der Waals surface area contributed by atoms with Crippen LogP contribution in [0.15, 0.2) is 41.4 Å². The normalized spacial score (nSPS) is 10.1. The predicted octanol–water partition coefficient (Wildman–Crippen LogP) is 4.13. The highest BCUT2D eigenvalue weighted by molar-refractivity contribution is 7.99. The molecule has 0 saturated heterocycles. The van der Waals surface area contributed by atoms with Crippen molar-refractivity contribution >= 4 is 11.8 Å². The van der Waals surface area contributed by atoms with Crippen LogP contribution in [0.2, 0.25) is 0 Å². The lowest BCUT2D eigenvalue weighted by Gasteiger charge is -2.07. The molecule has 2 rings (SSSR count). The number of thioether (sulfide) groups is 1. The fraction of sp³-hybridized carbons (Fsp3) is 0.250. The number of nitriles is 1. The minimum absolute atomic E-state index is 0.640. The molecule has 0 saturated carbocycles. The molecule has 0 fully saturated rings. The summed E-state index contributed by atoms with van der Waals surface area (Å²) < 4.78 is 5.15. The number of aromatic nitrogens is 1. The molecule has 1 heterocycles. The highest BCUT2D eigenvalue weighted by Gasteiger charge is 2.07. The van der Waals surface area contributed by atoms with E-state index < -0.39 is 0 Å². The summed E-state index contributed by atoms with van der Waals surface area (Å²) in [6, 6.07) is 13.7. The summed E-state index contributed by atoms with van der Waals surface area (Å²) in [6.45, 7) is 2.12. The minimum atomic E-state index is 0.640. The average Bonchev–Trinajstić information content (AvgIpc) is 2.52. The topological polar surface area (TPSA) is 45.9 Å². The van der Waals surface area contributed by atoms with Gasteiger partial charge in [-0.2, -0.15) is 5.26 Å². The highest BCUT2D eigenvalue weighted by atomic mass is 32.2. The van der Waals surface area contributed by atoms with Crippen molar-refractivity contribution in [1.29, 1.82) is 5.26 Å². The van der Waals surface area contributed by atoms with Crippen LogP contribution in [0, 0.1) is 11.3 Å². The Bertz CT molecular complexity index is 617. The number of hydrogen-bond acceptors (Lipinski definition) is 4. The molecule has 0 aliphatic rings. The van der Waals surface area contributed by atoms with Crippen LogP contribution >= 0.6 is 11.8 Å². The average molecular weight is 284 g/mol. The van der Waals surface area contributed by atoms with Gasteiger partial charge in [0.1, 0.15) is 16.8 Å². The summed E-state index contributed by atoms with van der Waals surface area (Å²) in [4.78, 5) is 4.61. The molecule has 1 aromatic carbocycles. The van der Waals surface area contributed by atoms with Crippen LogP contribution in [0.1, 0.15) is 18.9 Å². The van der Waals surface area contributed by atoms with Crippen LogP contribution < -0.4 is 4.74 Å². The lowest BCUT2D eigenvalue weighted by molar-refractivity contribution is 0.415. The van der Waals surface area contributed by atoms with Gasteiger partial charge < -0.3 is 4.74 Å². The molecule has 0 N–H and O–H groups in total. The first kappa shape index (κ1) is 14.4. The molecule has 0 unspecified atom stereocenters. The van der Waals surface area contributed by atoms with Crippen LogP contribution in [-0.2, 0) is 0 Å². The van der Waals surface area contributed by atoms with Gasteiger partial charge in [-0.05, 0) is 48.6 Å². The quantitative estimate of drug-likeness (QED) is 0.774. The molecule has 1 aromatic heterocycles. The number of ether oxygens (including phenoxy) is 1. The smallest absolute Gasteiger partial charge is 0.118 e. The second-order valence-electron chi connectivity index (χ2n) is 4.24. The van der Waals surface area contributed by atoms with Gasteiger partial charge in [0, 0.05) is 5.56 Å². The van der Waals surface area contributed by atoms with Gasteiger partial charge in [-0.3, -0.25) is 0 Å². The monoisotopic (exact) mass is 284 g/mol. The summed E-state index contributed by atoms with van der Waals surface area (Å²) in [5.41, 5.74) is 2.54. The molecule has 2 aromatic rings. The van der Waals surface area contributed by atoms with E-state index in [0.717, 1.165) is 34.2 Å². The van der Waals surface area contributed by atoms with E-state index in [9.17, 15) is 0 Å². The number of benzene rings is 1. The van der Waals surface area contributed by atoms with E-state index in [2.05, 4.69) is 18.0 Å². The van der Waals surface area contributed by atoms with E-state index >= 15 is 0 Å². The van der Waals surface area contributed by atoms with Crippen LogP contribution in [-0.4, -0.2) is 17.8 Å². The zero-order chi connectivity index (χ0) is 14.4. The fourth-order valence-electron chi connectivity index (χ4n) is 1.76. The van der Waals surface area contributed by atoms with E-state index in [1.165, 1.54) is 0 Å². The molecule has 0 radical (unpaired) electrons. The molecule has 0 amide bonds. The minimum Gasteiger partial charge on any atom is -0.497 e. The predicted molar refractivity (Wildman–Crippen MR) is 82.0 cm³/mol. The molecular formula is C16H16N2OS. The molecular weight excluding hydrogens is 268 g/mol. The first-order chi connectivity index (χ1) is 9.78. The second-order valence-corrected chi connectivity index (χ2v) is 5.32. The summed E-state index contributed by atoms with van der Waals surface area (Å²) >= 11 is 1.63. The van der Waals surface area contributed by atoms with Gasteiger partial charge in [0.15, 0.2) is 0 Å². The summed E-state index contributed by atoms with van der Waals surface area (Å²) in [5, 5.41) is 9.94. The van der Waals surface area contributed by atoms with Crippen LogP contribution in [0.3, 0.4) is 0 Å². The van der Waals surface area contributed by atoms with Crippen molar-refractivity contribution in [2.24, 2.45) is 0 Å². The van der Waals surface area contributed by atoms with E-state index in [0.29, 0.717) is 5.56 Å². The number of rotatable bonds is 5. The summed E-state index contributed by atoms with van der Waals surface area (Å²) in [7, 11) is 1.65. The molecule has 102 valence electrons. The third-order valence-electron chi connectivity index (χ3n) is 2.81. The summed E-state index contributed by atoms with van der Waals surface area (Å²) in [5.74, 6) is 1.79. The highest BCUT2D eigenvalue weighted by Crippen LogP contribution is 2.26. The largest absolute Gasteiger partial charge is 0.497 e. The molecule has 0 atom stereocenters. The SMILES string of the molecule is CCCSc1nc(-c2ccc(OC)cc2)ccc1C#N. The first-order valence-corrected chi connectivity index (χ1v) is 7.45. The van der Waals surface area contributed by atoms with Crippen molar-refractivity contribution in [3.8, 4) is 23.1 Å². The van der Waals surface area contributed by atoms with Gasteiger partial charge in [0.25, 0.3) is 0 Å². The Labute approximate surface area is 123 Å². The van der Waals surface area contributed by atoms with Crippen LogP contribution in [0.4, 0.5) is 0 Å². The number of pyridine rings is 1. The maximum atomic E-state index is 9.13. The van der Waals surface area contributed by atoms with E-state index in [1.54, 1.807) is 18.9 Å². The van der Waals surface area contributed by atoms with Crippen LogP contribution in [0.25, 0.3) is 11.3 Å². The third kappa shape index (κ3) is 3.31. The van der Waals surface area contributed by atoms with E-state index in [1.807, 2.05) is 36.4 Å². The Morgan fingerprint density at radius 1 is 1.20 bits per heavy atom. The van der Waals surface area contributed by atoms with Crippen molar-refractivity contribution in [2.75, 3.05) is 12.9 Å². The van der Waals surface area contributed by atoms with Crippen molar-refractivity contribution < 1.29 is 4.74 Å². The standard InChI is InChI=1S/C16H16N2OS/c1-3-10-20-16-13(11-17)6-9-15(18-16)12-4-7-14(19-2)8-5-12/h4-9H,3,10H2,1-2H3. The fourth-order valence-corrected chi connectivity index (χ4v) is 2.59. The first-order valence-electron chi connectivity index (χ1n) is 6.47. The van der Waals surface area contributed by atoms with Gasteiger partial charge >= 0.3 is 0 Å². The lowest BCUT2D eigenvalue weighted by Crippen LogP contribution is -1.92. The number of nitrogens with zero attached hydrogens (tertiary/aromatic N) is 2. The molecule has 3 nitrogen and oxygen atoms in total. The number of hydrogen-bond donors (Lipinski definition) is 0. The molecule has 0 aliphatic heterocycles. The van der Waals surface area contributed by atoms with Crippen LogP contribution in [0.5, 0.6) is 5.75 Å². The Morgan fingerprint density at radius 3 is 2.55 bits per heavy atom. The third-order valence-corrected chi connectivity index (χ3v) is 4.01.